The molecule has 0 saturated heterocycles. The summed E-state index contributed by atoms with van der Waals surface area (Å²) in [5, 5.41) is 2.78. The van der Waals surface area contributed by atoms with Crippen LogP contribution in [-0.2, 0) is 0 Å². The lowest BCUT2D eigenvalue weighted by molar-refractivity contribution is 0.102. The van der Waals surface area contributed by atoms with Crippen LogP contribution >= 0.6 is 0 Å². The number of anilines is 2. The molecule has 3 N–H and O–H groups in total. The van der Waals surface area contributed by atoms with Gasteiger partial charge in [0.25, 0.3) is 5.91 Å². The number of carbonyl (C=O) groups excluding carboxylic acids is 1. The van der Waals surface area contributed by atoms with Gasteiger partial charge in [-0.15, -0.1) is 0 Å². The number of aryl methyl sites for hydroxylation is 1. The first-order chi connectivity index (χ1) is 9.61. The summed E-state index contributed by atoms with van der Waals surface area (Å²) >= 11 is 0. The van der Waals surface area contributed by atoms with Crippen LogP contribution in [0.5, 0.6) is 5.88 Å². The number of nitrogen functional groups attached to an aromatic ring is 1. The van der Waals surface area contributed by atoms with E-state index in [1.54, 1.807) is 30.5 Å². The highest BCUT2D eigenvalue weighted by molar-refractivity contribution is 6.05. The van der Waals surface area contributed by atoms with Crippen LogP contribution in [0.4, 0.5) is 11.4 Å². The molecule has 2 aromatic rings. The van der Waals surface area contributed by atoms with Gasteiger partial charge in [0.15, 0.2) is 0 Å². The molecule has 5 nitrogen and oxygen atoms in total. The lowest BCUT2D eigenvalue weighted by atomic mass is 10.1. The first kappa shape index (κ1) is 13.9. The van der Waals surface area contributed by atoms with Gasteiger partial charge in [-0.3, -0.25) is 4.79 Å². The summed E-state index contributed by atoms with van der Waals surface area (Å²) in [5.74, 6) is 0.161. The van der Waals surface area contributed by atoms with Crippen LogP contribution in [0.3, 0.4) is 0 Å². The number of aromatic nitrogens is 1. The fourth-order valence-electron chi connectivity index (χ4n) is 1.71. The molecule has 1 aromatic heterocycles. The Kier molecular flexibility index (Phi) is 4.20. The number of hydrogen-bond donors (Lipinski definition) is 2. The lowest BCUT2D eigenvalue weighted by Crippen LogP contribution is -2.14. The minimum Gasteiger partial charge on any atom is -0.476 e. The van der Waals surface area contributed by atoms with Gasteiger partial charge < -0.3 is 15.8 Å². The zero-order chi connectivity index (χ0) is 14.5. The van der Waals surface area contributed by atoms with Crippen LogP contribution in [0.2, 0.25) is 0 Å². The van der Waals surface area contributed by atoms with Gasteiger partial charge in [0.2, 0.25) is 5.88 Å². The van der Waals surface area contributed by atoms with Crippen molar-refractivity contribution >= 4 is 17.3 Å². The molecule has 5 heteroatoms. The van der Waals surface area contributed by atoms with E-state index in [1.807, 2.05) is 19.9 Å². The summed E-state index contributed by atoms with van der Waals surface area (Å²) in [5.41, 5.74) is 8.39. The molecule has 0 saturated carbocycles. The zero-order valence-corrected chi connectivity index (χ0v) is 11.5. The van der Waals surface area contributed by atoms with Gasteiger partial charge >= 0.3 is 0 Å². The topological polar surface area (TPSA) is 77.2 Å². The van der Waals surface area contributed by atoms with Crippen molar-refractivity contribution in [2.24, 2.45) is 0 Å². The van der Waals surface area contributed by atoms with Crippen LogP contribution in [0.15, 0.2) is 36.5 Å². The molecule has 0 unspecified atom stereocenters. The largest absolute Gasteiger partial charge is 0.476 e. The Morgan fingerprint density at radius 2 is 2.20 bits per heavy atom. The van der Waals surface area contributed by atoms with Crippen LogP contribution in [-0.4, -0.2) is 17.5 Å². The molecule has 0 aliphatic heterocycles. The van der Waals surface area contributed by atoms with Crippen LogP contribution in [0, 0.1) is 6.92 Å². The highest BCUT2D eigenvalue weighted by atomic mass is 16.5. The smallest absolute Gasteiger partial charge is 0.255 e. The van der Waals surface area contributed by atoms with Crippen molar-refractivity contribution in [1.29, 1.82) is 0 Å². The van der Waals surface area contributed by atoms with Crippen molar-refractivity contribution in [3.05, 3.63) is 47.7 Å². The maximum Gasteiger partial charge on any atom is 0.255 e. The summed E-state index contributed by atoms with van der Waals surface area (Å²) in [6, 6.07) is 8.69. The van der Waals surface area contributed by atoms with E-state index in [-0.39, 0.29) is 5.91 Å². The molecule has 0 bridgehead atoms. The molecule has 0 fully saturated rings. The van der Waals surface area contributed by atoms with Gasteiger partial charge in [-0.2, -0.15) is 0 Å². The molecule has 1 amide bonds. The number of rotatable bonds is 4. The standard InChI is InChI=1S/C15H17N3O2/c1-3-20-15-13(5-4-8-17-15)18-14(19)11-7-6-10(2)12(16)9-11/h4-9H,3,16H2,1-2H3,(H,18,19). The lowest BCUT2D eigenvalue weighted by Gasteiger charge is -2.10. The van der Waals surface area contributed by atoms with Crippen LogP contribution in [0.1, 0.15) is 22.8 Å². The fourth-order valence-corrected chi connectivity index (χ4v) is 1.71. The van der Waals surface area contributed by atoms with Crippen molar-refractivity contribution in [3.63, 3.8) is 0 Å². The average Bonchev–Trinajstić information content (AvgIpc) is 2.44. The van der Waals surface area contributed by atoms with Crippen LogP contribution in [0.25, 0.3) is 0 Å². The number of pyridine rings is 1. The molecule has 0 spiro atoms. The SMILES string of the molecule is CCOc1ncccc1NC(=O)c1ccc(C)c(N)c1. The van der Waals surface area contributed by atoms with Crippen molar-refractivity contribution in [1.82, 2.24) is 4.98 Å². The number of carbonyl (C=O) groups is 1. The molecule has 1 aromatic carbocycles. The highest BCUT2D eigenvalue weighted by Crippen LogP contribution is 2.22. The summed E-state index contributed by atoms with van der Waals surface area (Å²) in [4.78, 5) is 16.3. The molecule has 104 valence electrons. The van der Waals surface area contributed by atoms with E-state index in [1.165, 1.54) is 0 Å². The molecule has 0 atom stereocenters. The summed E-state index contributed by atoms with van der Waals surface area (Å²) in [6.45, 7) is 4.24. The molecule has 0 aliphatic rings. The van der Waals surface area contributed by atoms with Gasteiger partial charge in [0.1, 0.15) is 5.69 Å². The summed E-state index contributed by atoms with van der Waals surface area (Å²) < 4.78 is 5.37. The predicted octanol–water partition coefficient (Wildman–Crippen LogP) is 2.62. The summed E-state index contributed by atoms with van der Waals surface area (Å²) in [6.07, 6.45) is 1.62. The molecular formula is C15H17N3O2. The van der Waals surface area contributed by atoms with E-state index >= 15 is 0 Å². The maximum absolute atomic E-state index is 12.2. The number of nitrogens with two attached hydrogens (primary N) is 1. The Hall–Kier alpha value is -2.56. The molecule has 0 aliphatic carbocycles. The fraction of sp³-hybridized carbons (Fsp3) is 0.200. The molecule has 1 heterocycles. The Morgan fingerprint density at radius 1 is 1.40 bits per heavy atom. The third-order valence-electron chi connectivity index (χ3n) is 2.84. The molecule has 2 rings (SSSR count). The van der Waals surface area contributed by atoms with E-state index in [2.05, 4.69) is 10.3 Å². The number of amides is 1. The normalized spacial score (nSPS) is 10.1. The highest BCUT2D eigenvalue weighted by Gasteiger charge is 2.11. The second-order valence-corrected chi connectivity index (χ2v) is 4.31. The first-order valence-electron chi connectivity index (χ1n) is 6.37. The van der Waals surface area contributed by atoms with E-state index in [4.69, 9.17) is 10.5 Å². The Bertz CT molecular complexity index is 626. The van der Waals surface area contributed by atoms with Crippen molar-refractivity contribution in [3.8, 4) is 5.88 Å². The predicted molar refractivity (Wildman–Crippen MR) is 79.0 cm³/mol. The summed E-state index contributed by atoms with van der Waals surface area (Å²) in [7, 11) is 0. The second-order valence-electron chi connectivity index (χ2n) is 4.31. The zero-order valence-electron chi connectivity index (χ0n) is 11.5. The number of nitrogens with zero attached hydrogens (tertiary/aromatic N) is 1. The Balaban J connectivity index is 2.21. The molecular weight excluding hydrogens is 254 g/mol. The van der Waals surface area contributed by atoms with Crippen LogP contribution < -0.4 is 15.8 Å². The molecule has 0 radical (unpaired) electrons. The monoisotopic (exact) mass is 271 g/mol. The van der Waals surface area contributed by atoms with Gasteiger partial charge in [-0.1, -0.05) is 6.07 Å². The number of nitrogens with one attached hydrogen (secondary N) is 1. The number of hydrogen-bond acceptors (Lipinski definition) is 4. The number of benzene rings is 1. The molecule has 20 heavy (non-hydrogen) atoms. The quantitative estimate of drug-likeness (QED) is 0.838. The van der Waals surface area contributed by atoms with Crippen molar-refractivity contribution in [2.75, 3.05) is 17.7 Å². The van der Waals surface area contributed by atoms with Crippen molar-refractivity contribution < 1.29 is 9.53 Å². The van der Waals surface area contributed by atoms with E-state index in [0.29, 0.717) is 29.4 Å². The van der Waals surface area contributed by atoms with E-state index in [0.717, 1.165) is 5.56 Å². The van der Waals surface area contributed by atoms with E-state index < -0.39 is 0 Å². The van der Waals surface area contributed by atoms with Gasteiger partial charge in [-0.05, 0) is 43.7 Å². The second kappa shape index (κ2) is 6.06. The first-order valence-corrected chi connectivity index (χ1v) is 6.37. The Morgan fingerprint density at radius 3 is 2.90 bits per heavy atom. The third-order valence-corrected chi connectivity index (χ3v) is 2.84. The minimum atomic E-state index is -0.245. The third kappa shape index (κ3) is 3.06. The van der Waals surface area contributed by atoms with Gasteiger partial charge in [0.05, 0.1) is 6.61 Å². The van der Waals surface area contributed by atoms with Crippen molar-refractivity contribution in [2.45, 2.75) is 13.8 Å². The Labute approximate surface area is 117 Å². The maximum atomic E-state index is 12.2. The average molecular weight is 271 g/mol. The number of ether oxygens (including phenoxy) is 1. The van der Waals surface area contributed by atoms with E-state index in [9.17, 15) is 4.79 Å². The van der Waals surface area contributed by atoms with Gasteiger partial charge in [-0.25, -0.2) is 4.98 Å². The van der Waals surface area contributed by atoms with Gasteiger partial charge in [0, 0.05) is 17.4 Å². The minimum absolute atomic E-state index is 0.245.